The summed E-state index contributed by atoms with van der Waals surface area (Å²) in [6.45, 7) is 3.83. The van der Waals surface area contributed by atoms with Crippen molar-refractivity contribution in [2.75, 3.05) is 26.2 Å². The van der Waals surface area contributed by atoms with Gasteiger partial charge in [0.2, 0.25) is 0 Å². The third-order valence-corrected chi connectivity index (χ3v) is 5.87. The zero-order valence-electron chi connectivity index (χ0n) is 12.1. The zero-order valence-corrected chi connectivity index (χ0v) is 12.1. The van der Waals surface area contributed by atoms with E-state index in [9.17, 15) is 13.2 Å². The minimum atomic E-state index is -4.08. The van der Waals surface area contributed by atoms with Crippen molar-refractivity contribution in [3.05, 3.63) is 0 Å². The van der Waals surface area contributed by atoms with Crippen LogP contribution in [-0.4, -0.2) is 43.3 Å². The largest absolute Gasteiger partial charge is 0.394 e. The number of nitrogens with zero attached hydrogens (tertiary/aromatic N) is 1. The molecule has 1 heterocycles. The SMILES string of the molecule is CC(C1CC2CCC1C2)N1CCNCC(C(F)(F)F)C1. The summed E-state index contributed by atoms with van der Waals surface area (Å²) in [5.74, 6) is 1.04. The molecule has 0 radical (unpaired) electrons. The summed E-state index contributed by atoms with van der Waals surface area (Å²) in [4.78, 5) is 2.10. The second-order valence-electron chi connectivity index (χ2n) is 7.02. The normalized spacial score (nSPS) is 40.8. The highest BCUT2D eigenvalue weighted by molar-refractivity contribution is 4.95. The van der Waals surface area contributed by atoms with Crippen LogP contribution < -0.4 is 5.32 Å². The fourth-order valence-corrected chi connectivity index (χ4v) is 4.68. The van der Waals surface area contributed by atoms with Crippen LogP contribution in [0.1, 0.15) is 32.6 Å². The maximum atomic E-state index is 13.0. The van der Waals surface area contributed by atoms with E-state index in [1.807, 2.05) is 0 Å². The minimum Gasteiger partial charge on any atom is -0.315 e. The van der Waals surface area contributed by atoms with Gasteiger partial charge in [0, 0.05) is 32.2 Å². The molecule has 20 heavy (non-hydrogen) atoms. The molecule has 5 atom stereocenters. The molecule has 1 saturated heterocycles. The molecule has 1 N–H and O–H groups in total. The first-order valence-corrected chi connectivity index (χ1v) is 7.96. The smallest absolute Gasteiger partial charge is 0.315 e. The van der Waals surface area contributed by atoms with Gasteiger partial charge in [-0.2, -0.15) is 13.2 Å². The van der Waals surface area contributed by atoms with E-state index < -0.39 is 12.1 Å². The van der Waals surface area contributed by atoms with Crippen molar-refractivity contribution in [3.63, 3.8) is 0 Å². The molecule has 3 aliphatic rings. The fraction of sp³-hybridized carbons (Fsp3) is 1.00. The Morgan fingerprint density at radius 1 is 1.20 bits per heavy atom. The van der Waals surface area contributed by atoms with Crippen molar-refractivity contribution in [1.29, 1.82) is 0 Å². The van der Waals surface area contributed by atoms with Crippen LogP contribution in [0.15, 0.2) is 0 Å². The molecule has 0 amide bonds. The second kappa shape index (κ2) is 5.48. The highest BCUT2D eigenvalue weighted by Crippen LogP contribution is 2.50. The number of nitrogens with one attached hydrogen (secondary N) is 1. The Morgan fingerprint density at radius 3 is 2.60 bits per heavy atom. The van der Waals surface area contributed by atoms with Crippen LogP contribution in [0.25, 0.3) is 0 Å². The summed E-state index contributed by atoms with van der Waals surface area (Å²) in [7, 11) is 0. The van der Waals surface area contributed by atoms with Crippen LogP contribution in [0.5, 0.6) is 0 Å². The van der Waals surface area contributed by atoms with Gasteiger partial charge in [0.05, 0.1) is 5.92 Å². The molecule has 3 fully saturated rings. The quantitative estimate of drug-likeness (QED) is 0.841. The molecule has 116 valence electrons. The van der Waals surface area contributed by atoms with E-state index in [0.717, 1.165) is 18.4 Å². The van der Waals surface area contributed by atoms with E-state index in [4.69, 9.17) is 0 Å². The van der Waals surface area contributed by atoms with E-state index in [1.165, 1.54) is 25.7 Å². The van der Waals surface area contributed by atoms with E-state index >= 15 is 0 Å². The first kappa shape index (κ1) is 14.6. The standard InChI is InChI=1S/C15H25F3N2/c1-10(14-7-11-2-3-12(14)6-11)20-5-4-19-8-13(9-20)15(16,17)18/h10-14,19H,2-9H2,1H3. The molecule has 0 spiro atoms. The third-order valence-electron chi connectivity index (χ3n) is 5.87. The molecular formula is C15H25F3N2. The summed E-state index contributed by atoms with van der Waals surface area (Å²) in [5.41, 5.74) is 0. The van der Waals surface area contributed by atoms with Gasteiger partial charge < -0.3 is 5.32 Å². The Labute approximate surface area is 119 Å². The molecule has 0 aromatic rings. The highest BCUT2D eigenvalue weighted by atomic mass is 19.4. The molecule has 2 bridgehead atoms. The van der Waals surface area contributed by atoms with E-state index in [0.29, 0.717) is 18.5 Å². The van der Waals surface area contributed by atoms with Crippen LogP contribution in [-0.2, 0) is 0 Å². The predicted molar refractivity (Wildman–Crippen MR) is 72.4 cm³/mol. The van der Waals surface area contributed by atoms with Gasteiger partial charge in [0.25, 0.3) is 0 Å². The summed E-state index contributed by atoms with van der Waals surface area (Å²) in [6, 6.07) is 0.301. The number of hydrogen-bond donors (Lipinski definition) is 1. The summed E-state index contributed by atoms with van der Waals surface area (Å²) in [6.07, 6.45) is 1.13. The predicted octanol–water partition coefficient (Wildman–Crippen LogP) is 2.89. The molecule has 0 aromatic heterocycles. The Morgan fingerprint density at radius 2 is 2.00 bits per heavy atom. The van der Waals surface area contributed by atoms with Crippen molar-refractivity contribution in [2.45, 2.75) is 44.8 Å². The Bertz CT molecular complexity index is 345. The highest BCUT2D eigenvalue weighted by Gasteiger charge is 2.46. The lowest BCUT2D eigenvalue weighted by Gasteiger charge is -2.37. The third kappa shape index (κ3) is 2.84. The van der Waals surface area contributed by atoms with Crippen LogP contribution >= 0.6 is 0 Å². The van der Waals surface area contributed by atoms with Crippen LogP contribution in [0.4, 0.5) is 13.2 Å². The molecule has 5 heteroatoms. The fourth-order valence-electron chi connectivity index (χ4n) is 4.68. The zero-order chi connectivity index (χ0) is 14.3. The number of halogens is 3. The lowest BCUT2D eigenvalue weighted by Crippen LogP contribution is -2.45. The lowest BCUT2D eigenvalue weighted by atomic mass is 9.83. The topological polar surface area (TPSA) is 15.3 Å². The number of alkyl halides is 3. The van der Waals surface area contributed by atoms with E-state index in [2.05, 4.69) is 17.1 Å². The van der Waals surface area contributed by atoms with Gasteiger partial charge in [-0.05, 0) is 43.9 Å². The van der Waals surface area contributed by atoms with Crippen molar-refractivity contribution in [3.8, 4) is 0 Å². The number of rotatable bonds is 2. The van der Waals surface area contributed by atoms with Gasteiger partial charge >= 0.3 is 6.18 Å². The molecule has 2 aliphatic carbocycles. The van der Waals surface area contributed by atoms with Crippen LogP contribution in [0.2, 0.25) is 0 Å². The molecule has 1 aliphatic heterocycles. The van der Waals surface area contributed by atoms with Crippen molar-refractivity contribution in [2.24, 2.45) is 23.7 Å². The summed E-state index contributed by atoms with van der Waals surface area (Å²) < 4.78 is 39.1. The minimum absolute atomic E-state index is 0.0729. The van der Waals surface area contributed by atoms with Gasteiger partial charge in [-0.25, -0.2) is 0 Å². The van der Waals surface area contributed by atoms with Crippen molar-refractivity contribution in [1.82, 2.24) is 10.2 Å². The van der Waals surface area contributed by atoms with E-state index in [-0.39, 0.29) is 13.1 Å². The number of hydrogen-bond acceptors (Lipinski definition) is 2. The number of fused-ring (bicyclic) bond motifs is 2. The molecule has 3 rings (SSSR count). The van der Waals surface area contributed by atoms with Gasteiger partial charge in [0.1, 0.15) is 0 Å². The van der Waals surface area contributed by atoms with E-state index in [1.54, 1.807) is 0 Å². The molecule has 2 saturated carbocycles. The Hall–Kier alpha value is -0.290. The average molecular weight is 290 g/mol. The van der Waals surface area contributed by atoms with Gasteiger partial charge in [-0.15, -0.1) is 0 Å². The summed E-state index contributed by atoms with van der Waals surface area (Å²) in [5, 5.41) is 2.95. The molecule has 5 unspecified atom stereocenters. The van der Waals surface area contributed by atoms with Crippen molar-refractivity contribution < 1.29 is 13.2 Å². The Kier molecular flexibility index (Phi) is 4.01. The maximum Gasteiger partial charge on any atom is 0.394 e. The van der Waals surface area contributed by atoms with Gasteiger partial charge in [0.15, 0.2) is 0 Å². The molecule has 0 aromatic carbocycles. The Balaban J connectivity index is 1.65. The monoisotopic (exact) mass is 290 g/mol. The van der Waals surface area contributed by atoms with Crippen LogP contribution in [0.3, 0.4) is 0 Å². The average Bonchev–Trinajstić information content (AvgIpc) is 2.91. The lowest BCUT2D eigenvalue weighted by molar-refractivity contribution is -0.177. The second-order valence-corrected chi connectivity index (χ2v) is 7.02. The summed E-state index contributed by atoms with van der Waals surface area (Å²) >= 11 is 0. The first-order chi connectivity index (χ1) is 9.45. The maximum absolute atomic E-state index is 13.0. The van der Waals surface area contributed by atoms with Crippen LogP contribution in [0, 0.1) is 23.7 Å². The van der Waals surface area contributed by atoms with Gasteiger partial charge in [-0.1, -0.05) is 6.42 Å². The van der Waals surface area contributed by atoms with Crippen molar-refractivity contribution >= 4 is 0 Å². The van der Waals surface area contributed by atoms with Gasteiger partial charge in [-0.3, -0.25) is 4.90 Å². The molecule has 2 nitrogen and oxygen atoms in total. The first-order valence-electron chi connectivity index (χ1n) is 7.96. The molecular weight excluding hydrogens is 265 g/mol.